The van der Waals surface area contributed by atoms with Gasteiger partial charge in [-0.25, -0.2) is 4.79 Å². The van der Waals surface area contributed by atoms with Gasteiger partial charge in [-0.2, -0.15) is 0 Å². The van der Waals surface area contributed by atoms with Crippen LogP contribution in [-0.2, 0) is 14.4 Å². The van der Waals surface area contributed by atoms with E-state index in [2.05, 4.69) is 10.6 Å². The van der Waals surface area contributed by atoms with Crippen molar-refractivity contribution in [1.29, 1.82) is 0 Å². The monoisotopic (exact) mass is 256 g/mol. The second kappa shape index (κ2) is 5.37. The fourth-order valence-electron chi connectivity index (χ4n) is 1.87. The van der Waals surface area contributed by atoms with E-state index in [0.717, 1.165) is 0 Å². The summed E-state index contributed by atoms with van der Waals surface area (Å²) in [5.41, 5.74) is -0.556. The zero-order valence-electron chi connectivity index (χ0n) is 10.9. The lowest BCUT2D eigenvalue weighted by molar-refractivity contribution is -0.146. The summed E-state index contributed by atoms with van der Waals surface area (Å²) in [4.78, 5) is 34.1. The van der Waals surface area contributed by atoms with Gasteiger partial charge in [0.25, 0.3) is 0 Å². The smallest absolute Gasteiger partial charge is 0.326 e. The average Bonchev–Trinajstić information content (AvgIpc) is 2.24. The molecule has 1 rings (SSSR count). The number of carboxylic acid groups (broad SMARTS) is 1. The van der Waals surface area contributed by atoms with Gasteiger partial charge in [-0.3, -0.25) is 9.59 Å². The maximum Gasteiger partial charge on any atom is 0.326 e. The van der Waals surface area contributed by atoms with Gasteiger partial charge in [0.1, 0.15) is 6.04 Å². The van der Waals surface area contributed by atoms with E-state index in [1.165, 1.54) is 0 Å². The summed E-state index contributed by atoms with van der Waals surface area (Å²) in [6.07, 6.45) is 0.777. The van der Waals surface area contributed by atoms with Crippen molar-refractivity contribution >= 4 is 17.8 Å². The number of hydrogen-bond donors (Lipinski definition) is 3. The van der Waals surface area contributed by atoms with Crippen molar-refractivity contribution in [2.24, 2.45) is 11.3 Å². The van der Waals surface area contributed by atoms with E-state index < -0.39 is 17.4 Å². The van der Waals surface area contributed by atoms with Crippen molar-refractivity contribution in [3.05, 3.63) is 0 Å². The molecule has 1 heterocycles. The molecule has 0 saturated carbocycles. The third-order valence-corrected chi connectivity index (χ3v) is 3.04. The van der Waals surface area contributed by atoms with Crippen LogP contribution in [0.15, 0.2) is 0 Å². The largest absolute Gasteiger partial charge is 0.480 e. The highest BCUT2D eigenvalue weighted by molar-refractivity contribution is 5.87. The second-order valence-corrected chi connectivity index (χ2v) is 5.69. The lowest BCUT2D eigenvalue weighted by Crippen LogP contribution is -2.53. The summed E-state index contributed by atoms with van der Waals surface area (Å²) in [5.74, 6) is -1.76. The molecule has 102 valence electrons. The number of nitrogens with one attached hydrogen (secondary N) is 2. The number of rotatable bonds is 3. The fraction of sp³-hybridized carbons (Fsp3) is 0.750. The van der Waals surface area contributed by atoms with Crippen LogP contribution in [0.2, 0.25) is 0 Å². The minimum Gasteiger partial charge on any atom is -0.480 e. The standard InChI is InChI=1S/C12H20N2O4/c1-12(2,3)9(11(17)18)14-10(16)7-4-5-8(15)13-6-7/h7,9H,4-6H2,1-3H3,(H,13,15)(H,14,16)(H,17,18)/t7?,9-/m0/s1. The van der Waals surface area contributed by atoms with Gasteiger partial charge < -0.3 is 15.7 Å². The maximum atomic E-state index is 11.9. The highest BCUT2D eigenvalue weighted by Gasteiger charge is 2.35. The van der Waals surface area contributed by atoms with Crippen LogP contribution in [-0.4, -0.2) is 35.5 Å². The molecule has 0 aromatic carbocycles. The minimum absolute atomic E-state index is 0.0651. The maximum absolute atomic E-state index is 11.9. The molecule has 3 N–H and O–H groups in total. The number of carboxylic acids is 1. The Bertz CT molecular complexity index is 350. The molecule has 6 nitrogen and oxygen atoms in total. The van der Waals surface area contributed by atoms with Gasteiger partial charge in [0.2, 0.25) is 11.8 Å². The number of amides is 2. The molecule has 1 aliphatic heterocycles. The third kappa shape index (κ3) is 3.72. The molecule has 1 saturated heterocycles. The SMILES string of the molecule is CC(C)(C)[C@@H](NC(=O)C1CCC(=O)NC1)C(=O)O. The van der Waals surface area contributed by atoms with E-state index in [-0.39, 0.29) is 24.3 Å². The van der Waals surface area contributed by atoms with E-state index in [0.29, 0.717) is 12.8 Å². The van der Waals surface area contributed by atoms with Crippen molar-refractivity contribution in [2.45, 2.75) is 39.7 Å². The first-order valence-corrected chi connectivity index (χ1v) is 6.01. The Hall–Kier alpha value is -1.59. The van der Waals surface area contributed by atoms with Crippen molar-refractivity contribution in [2.75, 3.05) is 6.54 Å². The van der Waals surface area contributed by atoms with Crippen LogP contribution in [0.25, 0.3) is 0 Å². The summed E-state index contributed by atoms with van der Waals surface area (Å²) in [6.45, 7) is 5.55. The quantitative estimate of drug-likeness (QED) is 0.668. The van der Waals surface area contributed by atoms with Gasteiger partial charge >= 0.3 is 5.97 Å². The summed E-state index contributed by atoms with van der Waals surface area (Å²) < 4.78 is 0. The van der Waals surface area contributed by atoms with Gasteiger partial charge in [0.15, 0.2) is 0 Å². The average molecular weight is 256 g/mol. The van der Waals surface area contributed by atoms with Crippen molar-refractivity contribution < 1.29 is 19.5 Å². The Morgan fingerprint density at radius 3 is 2.44 bits per heavy atom. The second-order valence-electron chi connectivity index (χ2n) is 5.69. The molecule has 0 aromatic rings. The zero-order valence-corrected chi connectivity index (χ0v) is 10.9. The van der Waals surface area contributed by atoms with Gasteiger partial charge in [0, 0.05) is 13.0 Å². The number of carbonyl (C=O) groups excluding carboxylic acids is 2. The molecule has 1 fully saturated rings. The molecule has 2 amide bonds. The lowest BCUT2D eigenvalue weighted by atomic mass is 9.86. The molecular weight excluding hydrogens is 236 g/mol. The Balaban J connectivity index is 2.62. The molecule has 18 heavy (non-hydrogen) atoms. The Labute approximate surface area is 106 Å². The van der Waals surface area contributed by atoms with Crippen LogP contribution in [0, 0.1) is 11.3 Å². The molecule has 0 bridgehead atoms. The van der Waals surface area contributed by atoms with Crippen LogP contribution < -0.4 is 10.6 Å². The first-order valence-electron chi connectivity index (χ1n) is 6.01. The predicted molar refractivity (Wildman–Crippen MR) is 64.8 cm³/mol. The Morgan fingerprint density at radius 2 is 2.06 bits per heavy atom. The van der Waals surface area contributed by atoms with Gasteiger partial charge in [-0.1, -0.05) is 20.8 Å². The molecule has 6 heteroatoms. The molecule has 0 spiro atoms. The first-order chi connectivity index (χ1) is 8.21. The fourth-order valence-corrected chi connectivity index (χ4v) is 1.87. The Morgan fingerprint density at radius 1 is 1.44 bits per heavy atom. The van der Waals surface area contributed by atoms with Crippen molar-refractivity contribution in [3.8, 4) is 0 Å². The van der Waals surface area contributed by atoms with Crippen LogP contribution in [0.3, 0.4) is 0 Å². The molecular formula is C12H20N2O4. The van der Waals surface area contributed by atoms with Crippen molar-refractivity contribution in [1.82, 2.24) is 10.6 Å². The summed E-state index contributed by atoms with van der Waals surface area (Å²) >= 11 is 0. The number of hydrogen-bond acceptors (Lipinski definition) is 3. The van der Waals surface area contributed by atoms with Crippen LogP contribution in [0.4, 0.5) is 0 Å². The van der Waals surface area contributed by atoms with E-state index >= 15 is 0 Å². The number of piperidine rings is 1. The zero-order chi connectivity index (χ0) is 13.9. The van der Waals surface area contributed by atoms with E-state index in [1.54, 1.807) is 20.8 Å². The highest BCUT2D eigenvalue weighted by Crippen LogP contribution is 2.20. The number of aliphatic carboxylic acids is 1. The minimum atomic E-state index is -1.05. The van der Waals surface area contributed by atoms with Gasteiger partial charge in [-0.05, 0) is 11.8 Å². The van der Waals surface area contributed by atoms with Crippen LogP contribution in [0.5, 0.6) is 0 Å². The normalized spacial score (nSPS) is 21.9. The molecule has 1 unspecified atom stereocenters. The van der Waals surface area contributed by atoms with E-state index in [1.807, 2.05) is 0 Å². The molecule has 0 aromatic heterocycles. The summed E-state index contributed by atoms with van der Waals surface area (Å²) in [6, 6.07) is -0.928. The molecule has 2 atom stereocenters. The molecule has 1 aliphatic rings. The van der Waals surface area contributed by atoms with E-state index in [4.69, 9.17) is 5.11 Å². The Kier molecular flexibility index (Phi) is 4.32. The summed E-state index contributed by atoms with van der Waals surface area (Å²) in [5, 5.41) is 14.3. The predicted octanol–water partition coefficient (Wildman–Crippen LogP) is 0.128. The van der Waals surface area contributed by atoms with Crippen LogP contribution in [0.1, 0.15) is 33.6 Å². The highest BCUT2D eigenvalue weighted by atomic mass is 16.4. The third-order valence-electron chi connectivity index (χ3n) is 3.04. The number of carbonyl (C=O) groups is 3. The summed E-state index contributed by atoms with van der Waals surface area (Å²) in [7, 11) is 0. The lowest BCUT2D eigenvalue weighted by Gasteiger charge is -2.30. The topological polar surface area (TPSA) is 95.5 Å². The van der Waals surface area contributed by atoms with Crippen molar-refractivity contribution in [3.63, 3.8) is 0 Å². The van der Waals surface area contributed by atoms with Gasteiger partial charge in [0.05, 0.1) is 5.92 Å². The van der Waals surface area contributed by atoms with Gasteiger partial charge in [-0.15, -0.1) is 0 Å². The first kappa shape index (κ1) is 14.5. The molecule has 0 aliphatic carbocycles. The molecule has 0 radical (unpaired) electrons. The van der Waals surface area contributed by atoms with Crippen LogP contribution >= 0.6 is 0 Å². The van der Waals surface area contributed by atoms with E-state index in [9.17, 15) is 14.4 Å².